The molecule has 3 nitrogen and oxygen atoms in total. The summed E-state index contributed by atoms with van der Waals surface area (Å²) in [6.45, 7) is 7.24. The highest BCUT2D eigenvalue weighted by atomic mass is 35.5. The van der Waals surface area contributed by atoms with E-state index >= 15 is 0 Å². The Hall–Kier alpha value is -0.800. The fourth-order valence-electron chi connectivity index (χ4n) is 2.98. The molecule has 0 spiro atoms. The molecule has 0 aromatic carbocycles. The molecule has 1 saturated carbocycles. The first kappa shape index (κ1) is 15.6. The minimum atomic E-state index is 0.658. The lowest BCUT2D eigenvalue weighted by molar-refractivity contribution is 0.611. The van der Waals surface area contributed by atoms with Crippen LogP contribution in [0, 0.1) is 0 Å². The molecule has 1 heterocycles. The molecule has 1 N–H and O–H groups in total. The molecule has 1 fully saturated rings. The molecule has 0 amide bonds. The van der Waals surface area contributed by atoms with Crippen molar-refractivity contribution in [2.45, 2.75) is 58.5 Å². The van der Waals surface area contributed by atoms with Gasteiger partial charge in [0.25, 0.3) is 0 Å². The van der Waals surface area contributed by atoms with Crippen molar-refractivity contribution < 1.29 is 0 Å². The van der Waals surface area contributed by atoms with Gasteiger partial charge < -0.3 is 10.2 Å². The van der Waals surface area contributed by atoms with Crippen LogP contribution in [0.4, 0.5) is 5.82 Å². The first-order chi connectivity index (χ1) is 9.76. The predicted octanol–water partition coefficient (Wildman–Crippen LogP) is 4.00. The second-order valence-corrected chi connectivity index (χ2v) is 5.94. The van der Waals surface area contributed by atoms with Crippen LogP contribution in [0.1, 0.15) is 51.5 Å². The van der Waals surface area contributed by atoms with E-state index in [0.717, 1.165) is 42.5 Å². The van der Waals surface area contributed by atoms with Crippen molar-refractivity contribution >= 4 is 17.4 Å². The van der Waals surface area contributed by atoms with Gasteiger partial charge in [-0.1, -0.05) is 31.4 Å². The number of halogens is 1. The highest BCUT2D eigenvalue weighted by molar-refractivity contribution is 6.31. The van der Waals surface area contributed by atoms with Gasteiger partial charge in [0.2, 0.25) is 0 Å². The Labute approximate surface area is 127 Å². The third kappa shape index (κ3) is 3.86. The van der Waals surface area contributed by atoms with E-state index in [9.17, 15) is 0 Å². The van der Waals surface area contributed by atoms with E-state index < -0.39 is 0 Å². The lowest BCUT2D eigenvalue weighted by Crippen LogP contribution is -2.33. The fourth-order valence-corrected chi connectivity index (χ4v) is 3.15. The number of aromatic nitrogens is 1. The quantitative estimate of drug-likeness (QED) is 0.771. The van der Waals surface area contributed by atoms with E-state index in [0.29, 0.717) is 6.04 Å². The molecule has 1 aromatic rings. The zero-order valence-corrected chi connectivity index (χ0v) is 13.4. The second kappa shape index (κ2) is 7.84. The molecule has 0 bridgehead atoms. The Balaban J connectivity index is 2.11. The molecule has 1 aliphatic rings. The molecule has 0 atom stereocenters. The van der Waals surface area contributed by atoms with Gasteiger partial charge >= 0.3 is 0 Å². The molecule has 4 heteroatoms. The van der Waals surface area contributed by atoms with Crippen LogP contribution in [0.2, 0.25) is 5.02 Å². The number of rotatable bonds is 7. The Morgan fingerprint density at radius 2 is 2.10 bits per heavy atom. The van der Waals surface area contributed by atoms with Gasteiger partial charge in [-0.15, -0.1) is 0 Å². The van der Waals surface area contributed by atoms with Crippen LogP contribution in [0.5, 0.6) is 0 Å². The molecular formula is C16H26ClN3. The molecule has 0 saturated heterocycles. The Morgan fingerprint density at radius 1 is 1.35 bits per heavy atom. The summed E-state index contributed by atoms with van der Waals surface area (Å²) >= 11 is 6.26. The fraction of sp³-hybridized carbons (Fsp3) is 0.688. The molecule has 2 rings (SSSR count). The van der Waals surface area contributed by atoms with Gasteiger partial charge in [-0.2, -0.15) is 0 Å². The molecule has 0 aliphatic heterocycles. The van der Waals surface area contributed by atoms with Crippen LogP contribution in [0.25, 0.3) is 0 Å². The summed E-state index contributed by atoms with van der Waals surface area (Å²) in [5.41, 5.74) is 1.15. The standard InChI is InChI=1S/C16H26ClN3/c1-3-9-18-11-13-10-16(19-12-15(13)17)20(4-2)14-7-5-6-8-14/h10,12,14,18H,3-9,11H2,1-2H3. The van der Waals surface area contributed by atoms with E-state index in [4.69, 9.17) is 11.6 Å². The van der Waals surface area contributed by atoms with Crippen molar-refractivity contribution in [2.24, 2.45) is 0 Å². The van der Waals surface area contributed by atoms with Gasteiger partial charge in [0.05, 0.1) is 5.02 Å². The second-order valence-electron chi connectivity index (χ2n) is 5.53. The molecule has 0 radical (unpaired) electrons. The van der Waals surface area contributed by atoms with Gasteiger partial charge in [0.15, 0.2) is 0 Å². The lowest BCUT2D eigenvalue weighted by atomic mass is 10.2. The number of pyridine rings is 1. The van der Waals surface area contributed by atoms with Gasteiger partial charge in [0, 0.05) is 25.3 Å². The minimum Gasteiger partial charge on any atom is -0.354 e. The number of nitrogens with zero attached hydrogens (tertiary/aromatic N) is 2. The average Bonchev–Trinajstić information content (AvgIpc) is 2.97. The molecule has 112 valence electrons. The number of nitrogens with one attached hydrogen (secondary N) is 1. The molecule has 0 unspecified atom stereocenters. The van der Waals surface area contributed by atoms with E-state index in [1.807, 2.05) is 0 Å². The summed E-state index contributed by atoms with van der Waals surface area (Å²) in [5, 5.41) is 4.18. The summed E-state index contributed by atoms with van der Waals surface area (Å²) in [5.74, 6) is 1.08. The molecule has 1 aliphatic carbocycles. The smallest absolute Gasteiger partial charge is 0.129 e. The highest BCUT2D eigenvalue weighted by Crippen LogP contribution is 2.28. The van der Waals surface area contributed by atoms with Crippen molar-refractivity contribution in [3.63, 3.8) is 0 Å². The minimum absolute atomic E-state index is 0.658. The van der Waals surface area contributed by atoms with Crippen LogP contribution < -0.4 is 10.2 Å². The van der Waals surface area contributed by atoms with Crippen LogP contribution in [0.15, 0.2) is 12.3 Å². The van der Waals surface area contributed by atoms with Crippen molar-refractivity contribution in [1.29, 1.82) is 0 Å². The van der Waals surface area contributed by atoms with Gasteiger partial charge in [-0.25, -0.2) is 4.98 Å². The third-order valence-electron chi connectivity index (χ3n) is 4.06. The maximum Gasteiger partial charge on any atom is 0.129 e. The van der Waals surface area contributed by atoms with E-state index in [-0.39, 0.29) is 0 Å². The summed E-state index contributed by atoms with van der Waals surface area (Å²) in [4.78, 5) is 6.99. The summed E-state index contributed by atoms with van der Waals surface area (Å²) in [7, 11) is 0. The predicted molar refractivity (Wildman–Crippen MR) is 86.5 cm³/mol. The summed E-state index contributed by atoms with van der Waals surface area (Å²) < 4.78 is 0. The van der Waals surface area contributed by atoms with Crippen molar-refractivity contribution in [3.05, 3.63) is 22.8 Å². The summed E-state index contributed by atoms with van der Waals surface area (Å²) in [6.07, 6.45) is 8.22. The summed E-state index contributed by atoms with van der Waals surface area (Å²) in [6, 6.07) is 2.82. The average molecular weight is 296 g/mol. The molecule has 1 aromatic heterocycles. The van der Waals surface area contributed by atoms with Crippen molar-refractivity contribution in [1.82, 2.24) is 10.3 Å². The zero-order valence-electron chi connectivity index (χ0n) is 12.7. The van der Waals surface area contributed by atoms with Crippen LogP contribution in [-0.2, 0) is 6.54 Å². The zero-order chi connectivity index (χ0) is 14.4. The first-order valence-electron chi connectivity index (χ1n) is 7.88. The number of hydrogen-bond donors (Lipinski definition) is 1. The van der Waals surface area contributed by atoms with Crippen LogP contribution >= 0.6 is 11.6 Å². The Bertz CT molecular complexity index is 416. The monoisotopic (exact) mass is 295 g/mol. The van der Waals surface area contributed by atoms with Gasteiger partial charge in [-0.05, 0) is 44.4 Å². The number of hydrogen-bond acceptors (Lipinski definition) is 3. The normalized spacial score (nSPS) is 15.8. The van der Waals surface area contributed by atoms with Crippen molar-refractivity contribution in [3.8, 4) is 0 Å². The van der Waals surface area contributed by atoms with Gasteiger partial charge in [-0.3, -0.25) is 0 Å². The SMILES string of the molecule is CCCNCc1cc(N(CC)C2CCCC2)ncc1Cl. The Kier molecular flexibility index (Phi) is 6.11. The lowest BCUT2D eigenvalue weighted by Gasteiger charge is -2.29. The van der Waals surface area contributed by atoms with E-state index in [1.54, 1.807) is 6.20 Å². The van der Waals surface area contributed by atoms with Gasteiger partial charge in [0.1, 0.15) is 5.82 Å². The first-order valence-corrected chi connectivity index (χ1v) is 8.25. The van der Waals surface area contributed by atoms with Crippen LogP contribution in [0.3, 0.4) is 0 Å². The topological polar surface area (TPSA) is 28.2 Å². The molecule has 20 heavy (non-hydrogen) atoms. The van der Waals surface area contributed by atoms with Crippen LogP contribution in [-0.4, -0.2) is 24.1 Å². The largest absolute Gasteiger partial charge is 0.354 e. The highest BCUT2D eigenvalue weighted by Gasteiger charge is 2.22. The third-order valence-corrected chi connectivity index (χ3v) is 4.40. The maximum atomic E-state index is 6.26. The molecular weight excluding hydrogens is 270 g/mol. The maximum absolute atomic E-state index is 6.26. The Morgan fingerprint density at radius 3 is 2.75 bits per heavy atom. The number of anilines is 1. The van der Waals surface area contributed by atoms with E-state index in [1.165, 1.54) is 25.7 Å². The van der Waals surface area contributed by atoms with E-state index in [2.05, 4.69) is 35.1 Å². The van der Waals surface area contributed by atoms with Crippen molar-refractivity contribution in [2.75, 3.05) is 18.0 Å².